The maximum atomic E-state index is 12.6. The van der Waals surface area contributed by atoms with Crippen LogP contribution in [0.2, 0.25) is 0 Å². The Morgan fingerprint density at radius 2 is 1.75 bits per heavy atom. The van der Waals surface area contributed by atoms with Crippen molar-refractivity contribution < 1.29 is 19.2 Å². The molecule has 0 heterocycles. The predicted octanol–water partition coefficient (Wildman–Crippen LogP) is 3.27. The quantitative estimate of drug-likeness (QED) is 0.333. The molecule has 0 spiro atoms. The summed E-state index contributed by atoms with van der Waals surface area (Å²) >= 11 is 0. The number of nitro groups is 1. The molecule has 0 unspecified atom stereocenters. The first-order valence-electron chi connectivity index (χ1n) is 10.2. The molecule has 2 aromatic rings. The van der Waals surface area contributed by atoms with E-state index >= 15 is 0 Å². The number of hydrogen-bond acceptors (Lipinski definition) is 6. The second-order valence-electron chi connectivity index (χ2n) is 7.84. The van der Waals surface area contributed by atoms with Gasteiger partial charge in [0.15, 0.2) is 6.61 Å². The van der Waals surface area contributed by atoms with Gasteiger partial charge in [0.05, 0.1) is 11.1 Å². The Labute approximate surface area is 187 Å². The first-order valence-corrected chi connectivity index (χ1v) is 10.2. The summed E-state index contributed by atoms with van der Waals surface area (Å²) in [7, 11) is 0. The normalized spacial score (nSPS) is 11.9. The predicted molar refractivity (Wildman–Crippen MR) is 122 cm³/mol. The topological polar surface area (TPSA) is 123 Å². The average Bonchev–Trinajstić information content (AvgIpc) is 2.73. The number of carbonyl (C=O) groups is 2. The Kier molecular flexibility index (Phi) is 8.88. The zero-order chi connectivity index (χ0) is 23.7. The standard InChI is InChI=1S/C23H28N4O5/c1-15(2)12-20(25-21(28)14-32-22-16(3)6-5-7-17(22)4)23(29)26-24-13-18-8-10-19(11-9-18)27(30)31/h5-11,13,15,20H,12,14H2,1-4H3,(H,25,28)(H,26,29)/b24-13-/t20-/m0/s1. The van der Waals surface area contributed by atoms with Gasteiger partial charge in [0.25, 0.3) is 17.5 Å². The van der Waals surface area contributed by atoms with Crippen LogP contribution in [-0.4, -0.2) is 35.6 Å². The minimum atomic E-state index is -0.780. The lowest BCUT2D eigenvalue weighted by Crippen LogP contribution is -2.47. The number of nitro benzene ring substituents is 1. The van der Waals surface area contributed by atoms with Gasteiger partial charge >= 0.3 is 0 Å². The fourth-order valence-corrected chi connectivity index (χ4v) is 3.03. The van der Waals surface area contributed by atoms with Crippen LogP contribution in [0.1, 0.15) is 37.0 Å². The second-order valence-corrected chi connectivity index (χ2v) is 7.84. The van der Waals surface area contributed by atoms with E-state index in [2.05, 4.69) is 15.8 Å². The van der Waals surface area contributed by atoms with Gasteiger partial charge in [-0.15, -0.1) is 0 Å². The zero-order valence-corrected chi connectivity index (χ0v) is 18.6. The number of para-hydroxylation sites is 1. The number of nitrogens with zero attached hydrogens (tertiary/aromatic N) is 2. The van der Waals surface area contributed by atoms with Crippen LogP contribution in [0, 0.1) is 29.9 Å². The highest BCUT2D eigenvalue weighted by Crippen LogP contribution is 2.22. The molecule has 2 aromatic carbocycles. The van der Waals surface area contributed by atoms with Crippen molar-refractivity contribution in [1.82, 2.24) is 10.7 Å². The van der Waals surface area contributed by atoms with E-state index in [4.69, 9.17) is 4.74 Å². The third-order valence-electron chi connectivity index (χ3n) is 4.61. The van der Waals surface area contributed by atoms with Gasteiger partial charge in [-0.1, -0.05) is 32.0 Å². The molecule has 0 radical (unpaired) electrons. The number of hydrazone groups is 1. The number of nitrogens with one attached hydrogen (secondary N) is 2. The first kappa shape index (κ1) is 24.5. The highest BCUT2D eigenvalue weighted by Gasteiger charge is 2.22. The van der Waals surface area contributed by atoms with Gasteiger partial charge in [0.1, 0.15) is 11.8 Å². The summed E-state index contributed by atoms with van der Waals surface area (Å²) in [6.45, 7) is 7.48. The van der Waals surface area contributed by atoms with Crippen molar-refractivity contribution in [2.75, 3.05) is 6.61 Å². The van der Waals surface area contributed by atoms with Crippen molar-refractivity contribution in [3.8, 4) is 5.75 Å². The number of ether oxygens (including phenoxy) is 1. The van der Waals surface area contributed by atoms with Gasteiger partial charge in [0.2, 0.25) is 0 Å². The highest BCUT2D eigenvalue weighted by atomic mass is 16.6. The molecule has 2 rings (SSSR count). The summed E-state index contributed by atoms with van der Waals surface area (Å²) in [6, 6.07) is 10.7. The van der Waals surface area contributed by atoms with Crippen LogP contribution in [-0.2, 0) is 9.59 Å². The number of benzene rings is 2. The van der Waals surface area contributed by atoms with Crippen LogP contribution < -0.4 is 15.5 Å². The van der Waals surface area contributed by atoms with E-state index in [1.54, 1.807) is 0 Å². The monoisotopic (exact) mass is 440 g/mol. The molecule has 170 valence electrons. The van der Waals surface area contributed by atoms with Crippen molar-refractivity contribution in [1.29, 1.82) is 0 Å². The zero-order valence-electron chi connectivity index (χ0n) is 18.6. The molecule has 9 heteroatoms. The van der Waals surface area contributed by atoms with Gasteiger partial charge < -0.3 is 10.1 Å². The fraction of sp³-hybridized carbons (Fsp3) is 0.348. The summed E-state index contributed by atoms with van der Waals surface area (Å²) in [5, 5.41) is 17.3. The van der Waals surface area contributed by atoms with Crippen molar-refractivity contribution in [2.45, 2.75) is 40.2 Å². The number of carbonyl (C=O) groups excluding carboxylic acids is 2. The van der Waals surface area contributed by atoms with Crippen molar-refractivity contribution in [2.24, 2.45) is 11.0 Å². The van der Waals surface area contributed by atoms with Crippen LogP contribution >= 0.6 is 0 Å². The molecule has 0 aliphatic rings. The Morgan fingerprint density at radius 3 is 2.31 bits per heavy atom. The number of hydrogen-bond donors (Lipinski definition) is 2. The molecule has 2 N–H and O–H groups in total. The molecular formula is C23H28N4O5. The van der Waals surface area contributed by atoms with E-state index in [1.165, 1.54) is 30.5 Å². The third kappa shape index (κ3) is 7.50. The minimum absolute atomic E-state index is 0.0333. The number of amides is 2. The number of non-ortho nitro benzene ring substituents is 1. The summed E-state index contributed by atoms with van der Waals surface area (Å²) < 4.78 is 5.66. The van der Waals surface area contributed by atoms with E-state index in [-0.39, 0.29) is 18.2 Å². The highest BCUT2D eigenvalue weighted by molar-refractivity contribution is 5.89. The molecule has 0 bridgehead atoms. The molecular weight excluding hydrogens is 412 g/mol. The Bertz CT molecular complexity index is 966. The van der Waals surface area contributed by atoms with Crippen LogP contribution in [0.3, 0.4) is 0 Å². The Balaban J connectivity index is 1.95. The Hall–Kier alpha value is -3.75. The lowest BCUT2D eigenvalue weighted by atomic mass is 10.0. The van der Waals surface area contributed by atoms with Crippen molar-refractivity contribution >= 4 is 23.7 Å². The van der Waals surface area contributed by atoms with Gasteiger partial charge in [-0.3, -0.25) is 19.7 Å². The molecule has 32 heavy (non-hydrogen) atoms. The number of aryl methyl sites for hydroxylation is 2. The summed E-state index contributed by atoms with van der Waals surface area (Å²) in [6.07, 6.45) is 1.80. The minimum Gasteiger partial charge on any atom is -0.483 e. The maximum absolute atomic E-state index is 12.6. The van der Waals surface area contributed by atoms with Crippen LogP contribution in [0.4, 0.5) is 5.69 Å². The SMILES string of the molecule is Cc1cccc(C)c1OCC(=O)N[C@@H](CC(C)C)C(=O)N/N=C\c1ccc([N+](=O)[O-])cc1. The first-order chi connectivity index (χ1) is 15.2. The Morgan fingerprint density at radius 1 is 1.12 bits per heavy atom. The molecule has 0 saturated heterocycles. The smallest absolute Gasteiger partial charge is 0.269 e. The van der Waals surface area contributed by atoms with Crippen LogP contribution in [0.15, 0.2) is 47.6 Å². The molecule has 0 aliphatic carbocycles. The second kappa shape index (κ2) is 11.6. The molecule has 1 atom stereocenters. The van der Waals surface area contributed by atoms with Crippen LogP contribution in [0.5, 0.6) is 5.75 Å². The molecule has 2 amide bonds. The fourth-order valence-electron chi connectivity index (χ4n) is 3.03. The molecule has 0 aromatic heterocycles. The summed E-state index contributed by atoms with van der Waals surface area (Å²) in [5.74, 6) is -0.0606. The molecule has 0 fully saturated rings. The van der Waals surface area contributed by atoms with Gasteiger partial charge in [-0.2, -0.15) is 5.10 Å². The summed E-state index contributed by atoms with van der Waals surface area (Å²) in [4.78, 5) is 35.2. The maximum Gasteiger partial charge on any atom is 0.269 e. The largest absolute Gasteiger partial charge is 0.483 e. The molecule has 0 saturated carbocycles. The summed E-state index contributed by atoms with van der Waals surface area (Å²) in [5.41, 5.74) is 4.82. The molecule has 9 nitrogen and oxygen atoms in total. The third-order valence-corrected chi connectivity index (χ3v) is 4.61. The van der Waals surface area contributed by atoms with Gasteiger partial charge in [0, 0.05) is 12.1 Å². The lowest BCUT2D eigenvalue weighted by molar-refractivity contribution is -0.384. The number of rotatable bonds is 10. The lowest BCUT2D eigenvalue weighted by Gasteiger charge is -2.19. The van der Waals surface area contributed by atoms with E-state index in [0.29, 0.717) is 17.7 Å². The van der Waals surface area contributed by atoms with Crippen LogP contribution in [0.25, 0.3) is 0 Å². The van der Waals surface area contributed by atoms with E-state index in [1.807, 2.05) is 45.9 Å². The van der Waals surface area contributed by atoms with Crippen molar-refractivity contribution in [3.63, 3.8) is 0 Å². The van der Waals surface area contributed by atoms with Gasteiger partial charge in [-0.25, -0.2) is 5.43 Å². The molecule has 0 aliphatic heterocycles. The van der Waals surface area contributed by atoms with E-state index in [9.17, 15) is 19.7 Å². The van der Waals surface area contributed by atoms with Gasteiger partial charge in [-0.05, 0) is 55.0 Å². The average molecular weight is 441 g/mol. The van der Waals surface area contributed by atoms with E-state index in [0.717, 1.165) is 11.1 Å². The van der Waals surface area contributed by atoms with Crippen molar-refractivity contribution in [3.05, 3.63) is 69.3 Å². The van der Waals surface area contributed by atoms with E-state index < -0.39 is 22.8 Å².